The second-order valence-electron chi connectivity index (χ2n) is 7.31. The van der Waals surface area contributed by atoms with E-state index < -0.39 is 0 Å². The maximum Gasteiger partial charge on any atom is 0.253 e. The number of benzene rings is 1. The Bertz CT molecular complexity index is 1050. The third-order valence-corrected chi connectivity index (χ3v) is 5.12. The summed E-state index contributed by atoms with van der Waals surface area (Å²) in [5.41, 5.74) is 2.09. The molecule has 0 aliphatic carbocycles. The maximum atomic E-state index is 12.8. The van der Waals surface area contributed by atoms with Crippen LogP contribution in [0, 0.1) is 0 Å². The van der Waals surface area contributed by atoms with Crippen molar-refractivity contribution in [1.29, 1.82) is 0 Å². The molecule has 4 rings (SSSR count). The minimum absolute atomic E-state index is 0.0128. The predicted molar refractivity (Wildman–Crippen MR) is 116 cm³/mol. The number of carbonyl (C=O) groups excluding carboxylic acids is 2. The van der Waals surface area contributed by atoms with Gasteiger partial charge in [0.25, 0.3) is 5.91 Å². The van der Waals surface area contributed by atoms with Crippen LogP contribution in [0.4, 0.5) is 11.5 Å². The molecule has 1 aromatic carbocycles. The smallest absolute Gasteiger partial charge is 0.253 e. The van der Waals surface area contributed by atoms with Crippen molar-refractivity contribution in [3.8, 4) is 11.4 Å². The molecule has 0 bridgehead atoms. The van der Waals surface area contributed by atoms with Crippen molar-refractivity contribution < 1.29 is 14.1 Å². The van der Waals surface area contributed by atoms with Crippen molar-refractivity contribution in [3.63, 3.8) is 0 Å². The summed E-state index contributed by atoms with van der Waals surface area (Å²) in [5, 5.41) is 6.67. The number of pyridine rings is 1. The Morgan fingerprint density at radius 3 is 2.39 bits per heavy atom. The number of anilines is 2. The fourth-order valence-electron chi connectivity index (χ4n) is 3.44. The Balaban J connectivity index is 1.34. The molecule has 2 amide bonds. The van der Waals surface area contributed by atoms with Gasteiger partial charge in [0.1, 0.15) is 5.82 Å². The van der Waals surface area contributed by atoms with Crippen molar-refractivity contribution in [2.45, 2.75) is 20.3 Å². The maximum absolute atomic E-state index is 12.8. The van der Waals surface area contributed by atoms with Crippen molar-refractivity contribution in [1.82, 2.24) is 20.0 Å². The van der Waals surface area contributed by atoms with E-state index in [0.717, 1.165) is 11.4 Å². The van der Waals surface area contributed by atoms with Crippen molar-refractivity contribution >= 4 is 23.3 Å². The first-order valence-corrected chi connectivity index (χ1v) is 10.2. The monoisotopic (exact) mass is 420 g/mol. The molecule has 1 N–H and O–H groups in total. The van der Waals surface area contributed by atoms with Gasteiger partial charge in [-0.2, -0.15) is 4.98 Å². The molecule has 160 valence electrons. The highest BCUT2D eigenvalue weighted by molar-refractivity contribution is 5.95. The molecule has 0 spiro atoms. The van der Waals surface area contributed by atoms with Crippen molar-refractivity contribution in [2.75, 3.05) is 36.4 Å². The highest BCUT2D eigenvalue weighted by atomic mass is 16.5. The lowest BCUT2D eigenvalue weighted by atomic mass is 10.1. The van der Waals surface area contributed by atoms with Gasteiger partial charge in [0.15, 0.2) is 0 Å². The first kappa shape index (κ1) is 20.5. The number of hydrogen-bond donors (Lipinski definition) is 1. The van der Waals surface area contributed by atoms with Crippen LogP contribution in [0.3, 0.4) is 0 Å². The van der Waals surface area contributed by atoms with Crippen molar-refractivity contribution in [2.24, 2.45) is 0 Å². The molecular weight excluding hydrogens is 396 g/mol. The van der Waals surface area contributed by atoms with Crippen LogP contribution in [0.5, 0.6) is 0 Å². The number of nitrogens with zero attached hydrogens (tertiary/aromatic N) is 5. The molecular formula is C22H24N6O3. The average molecular weight is 420 g/mol. The number of carbonyl (C=O) groups is 2. The number of piperazine rings is 1. The number of aryl methyl sites for hydroxylation is 1. The zero-order chi connectivity index (χ0) is 21.8. The van der Waals surface area contributed by atoms with Crippen LogP contribution in [0.25, 0.3) is 11.4 Å². The van der Waals surface area contributed by atoms with Gasteiger partial charge < -0.3 is 19.6 Å². The van der Waals surface area contributed by atoms with Crippen molar-refractivity contribution in [3.05, 3.63) is 54.0 Å². The molecule has 0 atom stereocenters. The lowest BCUT2D eigenvalue weighted by Crippen LogP contribution is -2.49. The Hall–Kier alpha value is -3.75. The summed E-state index contributed by atoms with van der Waals surface area (Å²) >= 11 is 0. The van der Waals surface area contributed by atoms with Gasteiger partial charge in [-0.1, -0.05) is 12.1 Å². The minimum Gasteiger partial charge on any atom is -0.353 e. The van der Waals surface area contributed by atoms with Gasteiger partial charge in [-0.15, -0.1) is 0 Å². The lowest BCUT2D eigenvalue weighted by molar-refractivity contribution is -0.114. The first-order valence-electron chi connectivity index (χ1n) is 10.2. The van der Waals surface area contributed by atoms with E-state index in [1.807, 2.05) is 24.0 Å². The number of nitrogens with one attached hydrogen (secondary N) is 1. The molecule has 2 aromatic heterocycles. The molecule has 9 heteroatoms. The Morgan fingerprint density at radius 2 is 1.81 bits per heavy atom. The largest absolute Gasteiger partial charge is 0.353 e. The van der Waals surface area contributed by atoms with Crippen LogP contribution in [0.1, 0.15) is 30.1 Å². The van der Waals surface area contributed by atoms with E-state index >= 15 is 0 Å². The lowest BCUT2D eigenvalue weighted by Gasteiger charge is -2.35. The number of rotatable bonds is 5. The summed E-state index contributed by atoms with van der Waals surface area (Å²) in [4.78, 5) is 36.8. The molecule has 0 unspecified atom stereocenters. The van der Waals surface area contributed by atoms with Gasteiger partial charge in [-0.3, -0.25) is 9.59 Å². The summed E-state index contributed by atoms with van der Waals surface area (Å²) in [6.07, 6.45) is 2.44. The van der Waals surface area contributed by atoms with Crippen LogP contribution in [0.2, 0.25) is 0 Å². The number of hydrogen-bond acceptors (Lipinski definition) is 7. The average Bonchev–Trinajstić information content (AvgIpc) is 3.28. The SMILES string of the molecule is CCc1nc(-c2ccc(N3CCN(C(=O)c4ccc(NC(C)=O)cc4)CC3)nc2)no1. The fraction of sp³-hybridized carbons (Fsp3) is 0.318. The van der Waals surface area contributed by atoms with Gasteiger partial charge in [0, 0.05) is 62.5 Å². The van der Waals surface area contributed by atoms with Gasteiger partial charge >= 0.3 is 0 Å². The Kier molecular flexibility index (Phi) is 5.92. The standard InChI is InChI=1S/C22H24N6O3/c1-3-20-25-21(26-31-20)17-6-9-19(23-14-17)27-10-12-28(13-11-27)22(30)16-4-7-18(8-5-16)24-15(2)29/h4-9,14H,3,10-13H2,1-2H3,(H,24,29). The summed E-state index contributed by atoms with van der Waals surface area (Å²) in [7, 11) is 0. The predicted octanol–water partition coefficient (Wildman–Crippen LogP) is 2.61. The van der Waals surface area contributed by atoms with E-state index in [1.54, 1.807) is 30.5 Å². The zero-order valence-corrected chi connectivity index (χ0v) is 17.5. The summed E-state index contributed by atoms with van der Waals surface area (Å²) in [6, 6.07) is 10.8. The van der Waals surface area contributed by atoms with Crippen LogP contribution < -0.4 is 10.2 Å². The topological polar surface area (TPSA) is 104 Å². The van der Waals surface area contributed by atoms with E-state index in [4.69, 9.17) is 4.52 Å². The molecule has 3 aromatic rings. The normalized spacial score (nSPS) is 13.9. The third-order valence-electron chi connectivity index (χ3n) is 5.12. The molecule has 1 aliphatic rings. The minimum atomic E-state index is -0.139. The van der Waals surface area contributed by atoms with Crippen LogP contribution in [0.15, 0.2) is 47.1 Å². The van der Waals surface area contributed by atoms with Crippen LogP contribution in [-0.2, 0) is 11.2 Å². The van der Waals surface area contributed by atoms with Gasteiger partial charge in [0.2, 0.25) is 17.6 Å². The quantitative estimate of drug-likeness (QED) is 0.676. The zero-order valence-electron chi connectivity index (χ0n) is 17.5. The molecule has 0 saturated carbocycles. The molecule has 0 radical (unpaired) electrons. The molecule has 9 nitrogen and oxygen atoms in total. The third kappa shape index (κ3) is 4.71. The molecule has 31 heavy (non-hydrogen) atoms. The second-order valence-corrected chi connectivity index (χ2v) is 7.31. The van der Waals surface area contributed by atoms with Crippen LogP contribution >= 0.6 is 0 Å². The van der Waals surface area contributed by atoms with E-state index in [1.165, 1.54) is 6.92 Å². The summed E-state index contributed by atoms with van der Waals surface area (Å²) in [5.74, 6) is 1.84. The van der Waals surface area contributed by atoms with E-state index in [-0.39, 0.29) is 11.8 Å². The van der Waals surface area contributed by atoms with Gasteiger partial charge in [-0.05, 0) is 36.4 Å². The Morgan fingerprint density at radius 1 is 1.06 bits per heavy atom. The van der Waals surface area contributed by atoms with Gasteiger partial charge in [-0.25, -0.2) is 4.98 Å². The number of amides is 2. The summed E-state index contributed by atoms with van der Waals surface area (Å²) < 4.78 is 5.15. The molecule has 3 heterocycles. The molecule has 1 saturated heterocycles. The van der Waals surface area contributed by atoms with E-state index in [2.05, 4.69) is 25.3 Å². The number of aromatic nitrogens is 3. The Labute approximate surface area is 180 Å². The highest BCUT2D eigenvalue weighted by Gasteiger charge is 2.23. The summed E-state index contributed by atoms with van der Waals surface area (Å²) in [6.45, 7) is 6.04. The fourth-order valence-corrected chi connectivity index (χ4v) is 3.44. The molecule has 1 fully saturated rings. The molecule has 1 aliphatic heterocycles. The van der Waals surface area contributed by atoms with Gasteiger partial charge in [0.05, 0.1) is 0 Å². The first-order chi connectivity index (χ1) is 15.0. The van der Waals surface area contributed by atoms with E-state index in [0.29, 0.717) is 55.6 Å². The van der Waals surface area contributed by atoms with Crippen LogP contribution in [-0.4, -0.2) is 58.0 Å². The van der Waals surface area contributed by atoms with E-state index in [9.17, 15) is 9.59 Å². The second kappa shape index (κ2) is 8.95. The highest BCUT2D eigenvalue weighted by Crippen LogP contribution is 2.20.